The van der Waals surface area contributed by atoms with Crippen LogP contribution in [0.1, 0.15) is 189 Å². The zero-order valence-electron chi connectivity index (χ0n) is 32.8. The molecule has 0 aliphatic carbocycles. The number of aromatic hydroxyl groups is 2. The first kappa shape index (κ1) is 44.7. The lowest BCUT2D eigenvalue weighted by Gasteiger charge is -2.11. The number of hydrogen-bond acceptors (Lipinski definition) is 6. The predicted octanol–water partition coefficient (Wildman–Crippen LogP) is 11.4. The minimum Gasteiger partial charge on any atom is -0.507 e. The topological polar surface area (TPSA) is 117 Å². The van der Waals surface area contributed by atoms with Crippen LogP contribution in [-0.2, 0) is 0 Å². The lowest BCUT2D eigenvalue weighted by molar-refractivity contribution is 0.0924. The molecule has 294 valence electrons. The number of benzene rings is 2. The van der Waals surface area contributed by atoms with Gasteiger partial charge in [-0.05, 0) is 37.1 Å². The number of hydrogen-bond donors (Lipinski definition) is 4. The summed E-state index contributed by atoms with van der Waals surface area (Å²) in [5, 5.41) is 26.2. The molecule has 52 heavy (non-hydrogen) atoms. The smallest absolute Gasteiger partial charge is 0.255 e. The average molecular weight is 725 g/mol. The number of amides is 2. The normalized spacial score (nSPS) is 11.0. The Morgan fingerprint density at radius 3 is 1.04 bits per heavy atom. The summed E-state index contributed by atoms with van der Waals surface area (Å²) in [6.45, 7) is 5.97. The highest BCUT2D eigenvalue weighted by molar-refractivity contribution is 5.98. The van der Waals surface area contributed by atoms with Gasteiger partial charge in [0.15, 0.2) is 0 Å². The Bertz CT molecular complexity index is 1130. The number of unbranched alkanes of at least 4 members (excludes halogenated alkanes) is 22. The molecule has 2 amide bonds. The van der Waals surface area contributed by atoms with Gasteiger partial charge in [0.2, 0.25) is 0 Å². The van der Waals surface area contributed by atoms with Crippen molar-refractivity contribution in [3.05, 3.63) is 47.5 Å². The number of nitrogens with one attached hydrogen (secondary N) is 2. The highest BCUT2D eigenvalue weighted by Gasteiger charge is 2.14. The molecule has 8 heteroatoms. The predicted molar refractivity (Wildman–Crippen MR) is 214 cm³/mol. The van der Waals surface area contributed by atoms with Crippen molar-refractivity contribution in [3.63, 3.8) is 0 Å². The molecule has 2 rings (SSSR count). The van der Waals surface area contributed by atoms with Crippen LogP contribution in [0.5, 0.6) is 23.0 Å². The zero-order valence-corrected chi connectivity index (χ0v) is 32.8. The summed E-state index contributed by atoms with van der Waals surface area (Å²) >= 11 is 0. The number of phenolic OH excluding ortho intramolecular Hbond substituents is 2. The molecule has 0 bridgehead atoms. The Kier molecular flexibility index (Phi) is 25.9. The van der Waals surface area contributed by atoms with E-state index in [0.29, 0.717) is 24.7 Å². The molecule has 0 fully saturated rings. The Hall–Kier alpha value is -3.42. The molecule has 0 aliphatic heterocycles. The van der Waals surface area contributed by atoms with E-state index in [0.717, 1.165) is 25.7 Å². The highest BCUT2D eigenvalue weighted by Crippen LogP contribution is 2.25. The van der Waals surface area contributed by atoms with E-state index in [2.05, 4.69) is 24.5 Å². The van der Waals surface area contributed by atoms with Crippen LogP contribution in [0.15, 0.2) is 36.4 Å². The van der Waals surface area contributed by atoms with Crippen LogP contribution >= 0.6 is 0 Å². The maximum absolute atomic E-state index is 12.6. The molecule has 0 unspecified atom stereocenters. The summed E-state index contributed by atoms with van der Waals surface area (Å²) in [6.07, 6.45) is 30.8. The van der Waals surface area contributed by atoms with Crippen molar-refractivity contribution in [2.24, 2.45) is 0 Å². The van der Waals surface area contributed by atoms with E-state index in [-0.39, 0.29) is 35.7 Å². The zero-order chi connectivity index (χ0) is 37.5. The van der Waals surface area contributed by atoms with Crippen LogP contribution in [0.2, 0.25) is 0 Å². The largest absolute Gasteiger partial charge is 0.507 e. The second-order valence-corrected chi connectivity index (χ2v) is 14.3. The van der Waals surface area contributed by atoms with E-state index in [1.165, 1.54) is 141 Å². The van der Waals surface area contributed by atoms with Gasteiger partial charge in [-0.25, -0.2) is 0 Å². The van der Waals surface area contributed by atoms with Crippen molar-refractivity contribution >= 4 is 11.8 Å². The third kappa shape index (κ3) is 21.2. The van der Waals surface area contributed by atoms with E-state index in [9.17, 15) is 19.8 Å². The van der Waals surface area contributed by atoms with Crippen LogP contribution in [-0.4, -0.2) is 48.3 Å². The molecule has 0 aliphatic rings. The van der Waals surface area contributed by atoms with Crippen molar-refractivity contribution in [2.45, 2.75) is 168 Å². The fourth-order valence-electron chi connectivity index (χ4n) is 6.40. The highest BCUT2D eigenvalue weighted by atomic mass is 16.5. The Morgan fingerprint density at radius 1 is 0.462 bits per heavy atom. The molecule has 0 radical (unpaired) electrons. The number of rotatable bonds is 33. The molecule has 0 spiro atoms. The quantitative estimate of drug-likeness (QED) is 0.0544. The second-order valence-electron chi connectivity index (χ2n) is 14.3. The number of carbonyl (C=O) groups is 2. The summed E-state index contributed by atoms with van der Waals surface area (Å²) in [4.78, 5) is 25.3. The van der Waals surface area contributed by atoms with Crippen molar-refractivity contribution in [3.8, 4) is 23.0 Å². The van der Waals surface area contributed by atoms with Crippen LogP contribution < -0.4 is 20.1 Å². The Morgan fingerprint density at radius 2 is 0.750 bits per heavy atom. The van der Waals surface area contributed by atoms with Gasteiger partial charge in [0.1, 0.15) is 23.0 Å². The number of carbonyl (C=O) groups excluding carboxylic acids is 2. The van der Waals surface area contributed by atoms with Gasteiger partial charge in [-0.2, -0.15) is 0 Å². The maximum Gasteiger partial charge on any atom is 0.255 e. The van der Waals surface area contributed by atoms with E-state index in [1.54, 1.807) is 24.3 Å². The lowest BCUT2D eigenvalue weighted by atomic mass is 10.1. The second kappa shape index (κ2) is 30.1. The fraction of sp³-hybridized carbons (Fsp3) is 0.682. The average Bonchev–Trinajstić information content (AvgIpc) is 3.14. The molecule has 0 saturated carbocycles. The molecule has 0 aromatic heterocycles. The van der Waals surface area contributed by atoms with Crippen molar-refractivity contribution in [2.75, 3.05) is 26.3 Å². The van der Waals surface area contributed by atoms with Gasteiger partial charge in [0.25, 0.3) is 11.8 Å². The van der Waals surface area contributed by atoms with Gasteiger partial charge in [-0.1, -0.05) is 155 Å². The molecular formula is C44H72N2O6. The van der Waals surface area contributed by atoms with E-state index >= 15 is 0 Å². The standard InChI is InChI=1S/C44H72N2O6/c1-3-5-7-9-11-13-15-17-19-21-23-25-33-51-37-27-29-39(41(47)35-37)43(49)45-31-32-46-44(50)40-30-28-38(36-42(40)48)52-34-26-24-22-20-18-16-14-12-10-8-6-4-2/h27-30,35-36,47-48H,3-26,31-34H2,1-2H3,(H,45,49)(H,46,50). The first-order valence-corrected chi connectivity index (χ1v) is 20.9. The monoisotopic (exact) mass is 725 g/mol. The third-order valence-electron chi connectivity index (χ3n) is 9.66. The summed E-state index contributed by atoms with van der Waals surface area (Å²) in [7, 11) is 0. The van der Waals surface area contributed by atoms with Crippen molar-refractivity contribution in [1.29, 1.82) is 0 Å². The summed E-state index contributed by atoms with van der Waals surface area (Å²) in [5.41, 5.74) is 0.279. The first-order chi connectivity index (χ1) is 25.5. The minimum absolute atomic E-state index is 0.140. The Labute approximate surface area is 315 Å². The van der Waals surface area contributed by atoms with Gasteiger partial charge in [-0.15, -0.1) is 0 Å². The number of phenols is 2. The molecule has 0 atom stereocenters. The molecular weight excluding hydrogens is 652 g/mol. The molecule has 0 saturated heterocycles. The van der Waals surface area contributed by atoms with Crippen LogP contribution in [0.3, 0.4) is 0 Å². The van der Waals surface area contributed by atoms with E-state index < -0.39 is 11.8 Å². The maximum atomic E-state index is 12.6. The van der Waals surface area contributed by atoms with Gasteiger partial charge in [0.05, 0.1) is 24.3 Å². The molecule has 8 nitrogen and oxygen atoms in total. The summed E-state index contributed by atoms with van der Waals surface area (Å²) in [6, 6.07) is 9.39. The van der Waals surface area contributed by atoms with Crippen LogP contribution in [0.4, 0.5) is 0 Å². The molecule has 0 heterocycles. The van der Waals surface area contributed by atoms with Gasteiger partial charge < -0.3 is 30.3 Å². The lowest BCUT2D eigenvalue weighted by Crippen LogP contribution is -2.34. The summed E-state index contributed by atoms with van der Waals surface area (Å²) < 4.78 is 11.6. The molecule has 2 aromatic rings. The van der Waals surface area contributed by atoms with Crippen molar-refractivity contribution < 1.29 is 29.3 Å². The van der Waals surface area contributed by atoms with Crippen molar-refractivity contribution in [1.82, 2.24) is 10.6 Å². The fourth-order valence-corrected chi connectivity index (χ4v) is 6.40. The Balaban J connectivity index is 1.53. The molecule has 2 aromatic carbocycles. The van der Waals surface area contributed by atoms with Gasteiger partial charge in [0, 0.05) is 25.2 Å². The third-order valence-corrected chi connectivity index (χ3v) is 9.66. The van der Waals surface area contributed by atoms with Crippen LogP contribution in [0.25, 0.3) is 0 Å². The minimum atomic E-state index is -0.447. The van der Waals surface area contributed by atoms with E-state index in [4.69, 9.17) is 9.47 Å². The molecule has 4 N–H and O–H groups in total. The van der Waals surface area contributed by atoms with Crippen LogP contribution in [0, 0.1) is 0 Å². The summed E-state index contributed by atoms with van der Waals surface area (Å²) in [5.74, 6) is -0.136. The van der Waals surface area contributed by atoms with Gasteiger partial charge in [-0.3, -0.25) is 9.59 Å². The van der Waals surface area contributed by atoms with E-state index in [1.807, 2.05) is 0 Å². The number of ether oxygens (including phenoxy) is 2. The first-order valence-electron chi connectivity index (χ1n) is 20.9. The van der Waals surface area contributed by atoms with Gasteiger partial charge >= 0.3 is 0 Å². The SMILES string of the molecule is CCCCCCCCCCCCCCOc1ccc(C(=O)NCCNC(=O)c2ccc(OCCCCCCCCCCCCCC)cc2O)c(O)c1.